The Hall–Kier alpha value is -2.36. The monoisotopic (exact) mass is 284 g/mol. The van der Waals surface area contributed by atoms with Gasteiger partial charge in [-0.3, -0.25) is 0 Å². The number of para-hydroxylation sites is 2. The molecule has 0 aromatic heterocycles. The molecule has 0 saturated heterocycles. The highest BCUT2D eigenvalue weighted by Gasteiger charge is 2.16. The maximum absolute atomic E-state index is 5.38. The standard InChI is InChI=1S/C17H20N2O2/c1-20-16-8-7-13(11-17(16)21-2)12-19-10-9-18-14-5-3-4-6-15(14)19/h3-8,11,18H,9-10,12H2,1-2H3. The predicted molar refractivity (Wildman–Crippen MR) is 85.5 cm³/mol. The molecule has 0 atom stereocenters. The molecular formula is C17H20N2O2. The molecule has 0 spiro atoms. The Bertz CT molecular complexity index is 628. The number of benzene rings is 2. The van der Waals surface area contributed by atoms with Gasteiger partial charge in [0.15, 0.2) is 11.5 Å². The van der Waals surface area contributed by atoms with Crippen LogP contribution in [0.5, 0.6) is 11.5 Å². The Labute approximate surface area is 125 Å². The van der Waals surface area contributed by atoms with Gasteiger partial charge in [-0.2, -0.15) is 0 Å². The number of methoxy groups -OCH3 is 2. The molecule has 0 amide bonds. The zero-order valence-corrected chi connectivity index (χ0v) is 12.4. The predicted octanol–water partition coefficient (Wildman–Crippen LogP) is 3.14. The summed E-state index contributed by atoms with van der Waals surface area (Å²) in [6.45, 7) is 2.81. The Morgan fingerprint density at radius 3 is 2.67 bits per heavy atom. The van der Waals surface area contributed by atoms with E-state index in [4.69, 9.17) is 9.47 Å². The summed E-state index contributed by atoms with van der Waals surface area (Å²) in [4.78, 5) is 2.38. The molecule has 1 N–H and O–H groups in total. The van der Waals surface area contributed by atoms with Gasteiger partial charge in [-0.05, 0) is 29.8 Å². The molecule has 0 radical (unpaired) electrons. The van der Waals surface area contributed by atoms with Crippen molar-refractivity contribution in [3.63, 3.8) is 0 Å². The van der Waals surface area contributed by atoms with E-state index in [1.54, 1.807) is 14.2 Å². The Balaban J connectivity index is 1.85. The molecule has 0 aliphatic carbocycles. The zero-order valence-electron chi connectivity index (χ0n) is 12.4. The van der Waals surface area contributed by atoms with E-state index in [0.29, 0.717) is 0 Å². The highest BCUT2D eigenvalue weighted by Crippen LogP contribution is 2.32. The molecule has 0 bridgehead atoms. The van der Waals surface area contributed by atoms with Gasteiger partial charge < -0.3 is 19.7 Å². The summed E-state index contributed by atoms with van der Waals surface area (Å²) in [5.41, 5.74) is 3.66. The first kappa shape index (κ1) is 13.6. The molecule has 4 nitrogen and oxygen atoms in total. The van der Waals surface area contributed by atoms with Crippen molar-refractivity contribution in [1.29, 1.82) is 0 Å². The van der Waals surface area contributed by atoms with Crippen LogP contribution in [-0.2, 0) is 6.54 Å². The van der Waals surface area contributed by atoms with Crippen molar-refractivity contribution in [2.45, 2.75) is 6.54 Å². The minimum absolute atomic E-state index is 0.766. The number of rotatable bonds is 4. The number of hydrogen-bond donors (Lipinski definition) is 1. The topological polar surface area (TPSA) is 33.7 Å². The third-order valence-corrected chi connectivity index (χ3v) is 3.76. The van der Waals surface area contributed by atoms with Gasteiger partial charge in [0.1, 0.15) is 0 Å². The van der Waals surface area contributed by atoms with Gasteiger partial charge in [0.2, 0.25) is 0 Å². The van der Waals surface area contributed by atoms with Gasteiger partial charge in [-0.1, -0.05) is 18.2 Å². The number of hydrogen-bond acceptors (Lipinski definition) is 4. The van der Waals surface area contributed by atoms with Crippen LogP contribution in [0.4, 0.5) is 11.4 Å². The van der Waals surface area contributed by atoms with Gasteiger partial charge in [0.25, 0.3) is 0 Å². The molecule has 21 heavy (non-hydrogen) atoms. The lowest BCUT2D eigenvalue weighted by atomic mass is 10.1. The number of anilines is 2. The van der Waals surface area contributed by atoms with Crippen LogP contribution in [0.2, 0.25) is 0 Å². The van der Waals surface area contributed by atoms with Crippen LogP contribution in [-0.4, -0.2) is 27.3 Å². The largest absolute Gasteiger partial charge is 0.493 e. The fourth-order valence-corrected chi connectivity index (χ4v) is 2.71. The van der Waals surface area contributed by atoms with E-state index >= 15 is 0 Å². The van der Waals surface area contributed by atoms with Gasteiger partial charge in [0, 0.05) is 19.6 Å². The Morgan fingerprint density at radius 1 is 1.05 bits per heavy atom. The summed E-state index contributed by atoms with van der Waals surface area (Å²) in [5, 5.41) is 3.43. The van der Waals surface area contributed by atoms with Crippen molar-refractivity contribution in [2.75, 3.05) is 37.5 Å². The lowest BCUT2D eigenvalue weighted by Crippen LogP contribution is -2.33. The third kappa shape index (κ3) is 2.75. The van der Waals surface area contributed by atoms with E-state index in [9.17, 15) is 0 Å². The van der Waals surface area contributed by atoms with Crippen LogP contribution in [0.1, 0.15) is 5.56 Å². The van der Waals surface area contributed by atoms with E-state index in [1.165, 1.54) is 16.9 Å². The minimum Gasteiger partial charge on any atom is -0.493 e. The molecular weight excluding hydrogens is 264 g/mol. The van der Waals surface area contributed by atoms with Crippen LogP contribution >= 0.6 is 0 Å². The maximum Gasteiger partial charge on any atom is 0.161 e. The smallest absolute Gasteiger partial charge is 0.161 e. The molecule has 0 fully saturated rings. The zero-order chi connectivity index (χ0) is 14.7. The van der Waals surface area contributed by atoms with E-state index in [1.807, 2.05) is 12.1 Å². The number of fused-ring (bicyclic) bond motifs is 1. The summed E-state index contributed by atoms with van der Waals surface area (Å²) in [5.74, 6) is 1.54. The molecule has 2 aromatic carbocycles. The molecule has 1 aliphatic rings. The summed E-state index contributed by atoms with van der Waals surface area (Å²) < 4.78 is 10.7. The average Bonchev–Trinajstić information content (AvgIpc) is 2.55. The van der Waals surface area contributed by atoms with Crippen LogP contribution in [0.15, 0.2) is 42.5 Å². The lowest BCUT2D eigenvalue weighted by molar-refractivity contribution is 0.354. The normalized spacial score (nSPS) is 13.3. The van der Waals surface area contributed by atoms with Gasteiger partial charge in [0.05, 0.1) is 25.6 Å². The highest BCUT2D eigenvalue weighted by molar-refractivity contribution is 5.72. The molecule has 3 rings (SSSR count). The highest BCUT2D eigenvalue weighted by atomic mass is 16.5. The first-order valence-electron chi connectivity index (χ1n) is 7.10. The third-order valence-electron chi connectivity index (χ3n) is 3.76. The molecule has 0 unspecified atom stereocenters. The SMILES string of the molecule is COc1ccc(CN2CCNc3ccccc32)cc1OC. The van der Waals surface area contributed by atoms with Crippen molar-refractivity contribution in [2.24, 2.45) is 0 Å². The molecule has 1 heterocycles. The second kappa shape index (κ2) is 5.95. The van der Waals surface area contributed by atoms with Gasteiger partial charge in [-0.25, -0.2) is 0 Å². The molecule has 0 saturated carbocycles. The minimum atomic E-state index is 0.766. The molecule has 1 aliphatic heterocycles. The van der Waals surface area contributed by atoms with Crippen LogP contribution in [0.25, 0.3) is 0 Å². The second-order valence-electron chi connectivity index (χ2n) is 5.05. The van der Waals surface area contributed by atoms with Crippen molar-refractivity contribution in [3.05, 3.63) is 48.0 Å². The summed E-state index contributed by atoms with van der Waals surface area (Å²) in [6, 6.07) is 14.5. The summed E-state index contributed by atoms with van der Waals surface area (Å²) in [7, 11) is 3.33. The average molecular weight is 284 g/mol. The Morgan fingerprint density at radius 2 is 1.86 bits per heavy atom. The van der Waals surface area contributed by atoms with Crippen LogP contribution < -0.4 is 19.7 Å². The lowest BCUT2D eigenvalue weighted by Gasteiger charge is -2.32. The van der Waals surface area contributed by atoms with Crippen LogP contribution in [0.3, 0.4) is 0 Å². The van der Waals surface area contributed by atoms with Crippen molar-refractivity contribution >= 4 is 11.4 Å². The number of nitrogens with zero attached hydrogens (tertiary/aromatic N) is 1. The fraction of sp³-hybridized carbons (Fsp3) is 0.294. The quantitative estimate of drug-likeness (QED) is 0.935. The number of ether oxygens (including phenoxy) is 2. The van der Waals surface area contributed by atoms with Crippen LogP contribution in [0, 0.1) is 0 Å². The molecule has 110 valence electrons. The van der Waals surface area contributed by atoms with E-state index in [0.717, 1.165) is 31.1 Å². The fourth-order valence-electron chi connectivity index (χ4n) is 2.71. The molecule has 4 heteroatoms. The number of nitrogens with one attached hydrogen (secondary N) is 1. The van der Waals surface area contributed by atoms with E-state index in [-0.39, 0.29) is 0 Å². The van der Waals surface area contributed by atoms with Gasteiger partial charge >= 0.3 is 0 Å². The summed E-state index contributed by atoms with van der Waals surface area (Å²) in [6.07, 6.45) is 0. The van der Waals surface area contributed by atoms with Gasteiger partial charge in [-0.15, -0.1) is 0 Å². The maximum atomic E-state index is 5.38. The second-order valence-corrected chi connectivity index (χ2v) is 5.05. The van der Waals surface area contributed by atoms with Crippen molar-refractivity contribution in [1.82, 2.24) is 0 Å². The first-order chi connectivity index (χ1) is 10.3. The molecule has 2 aromatic rings. The Kier molecular flexibility index (Phi) is 3.86. The van der Waals surface area contributed by atoms with Crippen molar-refractivity contribution in [3.8, 4) is 11.5 Å². The first-order valence-corrected chi connectivity index (χ1v) is 7.10. The van der Waals surface area contributed by atoms with E-state index in [2.05, 4.69) is 40.5 Å². The van der Waals surface area contributed by atoms with Crippen molar-refractivity contribution < 1.29 is 9.47 Å². The summed E-state index contributed by atoms with van der Waals surface area (Å²) >= 11 is 0. The van der Waals surface area contributed by atoms with E-state index < -0.39 is 0 Å².